The van der Waals surface area contributed by atoms with Crippen LogP contribution in [0.3, 0.4) is 0 Å². The summed E-state index contributed by atoms with van der Waals surface area (Å²) in [5, 5.41) is 8.66. The van der Waals surface area contributed by atoms with Crippen LogP contribution in [0.5, 0.6) is 0 Å². The lowest BCUT2D eigenvalue weighted by molar-refractivity contribution is 0.0952. The molecule has 0 radical (unpaired) electrons. The van der Waals surface area contributed by atoms with Crippen molar-refractivity contribution in [1.82, 2.24) is 24.6 Å². The van der Waals surface area contributed by atoms with Crippen LogP contribution in [0.25, 0.3) is 22.0 Å². The molecule has 0 spiro atoms. The van der Waals surface area contributed by atoms with Gasteiger partial charge in [-0.05, 0) is 31.9 Å². The van der Waals surface area contributed by atoms with E-state index in [0.29, 0.717) is 25.3 Å². The van der Waals surface area contributed by atoms with Crippen molar-refractivity contribution in [2.24, 2.45) is 7.05 Å². The highest BCUT2D eigenvalue weighted by Crippen LogP contribution is 2.21. The topological polar surface area (TPSA) is 95.0 Å². The maximum absolute atomic E-state index is 12.7. The molecule has 1 aromatic carbocycles. The van der Waals surface area contributed by atoms with Crippen molar-refractivity contribution in [3.63, 3.8) is 0 Å². The number of aryl methyl sites for hydroxylation is 4. The van der Waals surface area contributed by atoms with Crippen molar-refractivity contribution in [3.8, 4) is 0 Å². The van der Waals surface area contributed by atoms with E-state index in [-0.39, 0.29) is 28.1 Å². The van der Waals surface area contributed by atoms with Gasteiger partial charge in [0.15, 0.2) is 0 Å². The van der Waals surface area contributed by atoms with Crippen LogP contribution in [-0.2, 0) is 13.6 Å². The van der Waals surface area contributed by atoms with Crippen LogP contribution in [0.4, 0.5) is 0 Å². The molecule has 0 aliphatic heterocycles. The average Bonchev–Trinajstić information content (AvgIpc) is 3.24. The van der Waals surface area contributed by atoms with E-state index in [0.717, 1.165) is 10.9 Å². The fraction of sp³-hybridized carbons (Fsp3) is 0.300. The summed E-state index contributed by atoms with van der Waals surface area (Å²) in [5.41, 5.74) is 2.41. The highest BCUT2D eigenvalue weighted by molar-refractivity contribution is 6.06. The molecule has 0 saturated carbocycles. The molecule has 0 aliphatic rings. The molecular formula is C20H21N5O3. The summed E-state index contributed by atoms with van der Waals surface area (Å²) in [7, 11) is 1.59. The Morgan fingerprint density at radius 1 is 1.29 bits per heavy atom. The maximum atomic E-state index is 12.7. The standard InChI is InChI=1S/C20H21N5O3/c1-12-6-4-7-15-14(12)10-23-25(15)9-5-8-21-18(26)16-13(2)28-19-17(16)20(27)24(3)11-22-19/h4,6-7,10-11H,5,8-9H2,1-3H3,(H,21,26). The summed E-state index contributed by atoms with van der Waals surface area (Å²) in [6.45, 7) is 4.86. The lowest BCUT2D eigenvalue weighted by Gasteiger charge is -2.06. The van der Waals surface area contributed by atoms with Gasteiger partial charge in [-0.2, -0.15) is 5.10 Å². The van der Waals surface area contributed by atoms with Gasteiger partial charge in [0.1, 0.15) is 17.5 Å². The molecule has 1 amide bonds. The molecule has 0 aliphatic carbocycles. The Kier molecular flexibility index (Phi) is 4.46. The molecule has 0 fully saturated rings. The molecular weight excluding hydrogens is 358 g/mol. The van der Waals surface area contributed by atoms with Gasteiger partial charge in [-0.15, -0.1) is 0 Å². The molecule has 4 aromatic rings. The second-order valence-corrected chi connectivity index (χ2v) is 6.86. The molecule has 4 rings (SSSR count). The smallest absolute Gasteiger partial charge is 0.265 e. The van der Waals surface area contributed by atoms with Crippen molar-refractivity contribution in [2.45, 2.75) is 26.8 Å². The van der Waals surface area contributed by atoms with Gasteiger partial charge in [0.2, 0.25) is 5.71 Å². The molecule has 3 aromatic heterocycles. The molecule has 0 bridgehead atoms. The number of carbonyl (C=O) groups excluding carboxylic acids is 1. The Morgan fingerprint density at radius 2 is 2.11 bits per heavy atom. The van der Waals surface area contributed by atoms with Crippen molar-refractivity contribution >= 4 is 27.9 Å². The summed E-state index contributed by atoms with van der Waals surface area (Å²) >= 11 is 0. The minimum absolute atomic E-state index is 0.184. The average molecular weight is 379 g/mol. The Bertz CT molecular complexity index is 1250. The van der Waals surface area contributed by atoms with Crippen molar-refractivity contribution < 1.29 is 9.21 Å². The van der Waals surface area contributed by atoms with E-state index in [1.807, 2.05) is 23.0 Å². The van der Waals surface area contributed by atoms with Crippen molar-refractivity contribution in [3.05, 3.63) is 58.0 Å². The van der Waals surface area contributed by atoms with E-state index >= 15 is 0 Å². The quantitative estimate of drug-likeness (QED) is 0.537. The van der Waals surface area contributed by atoms with E-state index in [1.165, 1.54) is 16.5 Å². The van der Waals surface area contributed by atoms with Crippen molar-refractivity contribution in [2.75, 3.05) is 6.54 Å². The Hall–Kier alpha value is -3.42. The summed E-state index contributed by atoms with van der Waals surface area (Å²) in [6.07, 6.45) is 3.96. The maximum Gasteiger partial charge on any atom is 0.265 e. The zero-order valence-corrected chi connectivity index (χ0v) is 16.0. The van der Waals surface area contributed by atoms with Gasteiger partial charge in [-0.25, -0.2) is 4.98 Å². The number of rotatable bonds is 5. The van der Waals surface area contributed by atoms with Gasteiger partial charge >= 0.3 is 0 Å². The molecule has 0 atom stereocenters. The number of nitrogens with one attached hydrogen (secondary N) is 1. The van der Waals surface area contributed by atoms with Gasteiger partial charge in [-0.1, -0.05) is 12.1 Å². The number of furan rings is 1. The normalized spacial score (nSPS) is 11.4. The number of aromatic nitrogens is 4. The first-order chi connectivity index (χ1) is 13.5. The highest BCUT2D eigenvalue weighted by Gasteiger charge is 2.22. The molecule has 0 saturated heterocycles. The molecule has 144 valence electrons. The number of amides is 1. The lowest BCUT2D eigenvalue weighted by Crippen LogP contribution is -2.27. The summed E-state index contributed by atoms with van der Waals surface area (Å²) in [5.74, 6) is 0.0550. The monoisotopic (exact) mass is 379 g/mol. The second-order valence-electron chi connectivity index (χ2n) is 6.86. The first kappa shape index (κ1) is 18.0. The fourth-order valence-electron chi connectivity index (χ4n) is 3.41. The minimum atomic E-state index is -0.331. The van der Waals surface area contributed by atoms with E-state index in [4.69, 9.17) is 4.42 Å². The Balaban J connectivity index is 1.46. The number of benzene rings is 1. The first-order valence-corrected chi connectivity index (χ1v) is 9.11. The predicted octanol–water partition coefficient (Wildman–Crippen LogP) is 2.31. The van der Waals surface area contributed by atoms with Crippen LogP contribution in [0, 0.1) is 13.8 Å². The molecule has 8 heteroatoms. The third kappa shape index (κ3) is 2.96. The van der Waals surface area contributed by atoms with Crippen LogP contribution in [0.2, 0.25) is 0 Å². The van der Waals surface area contributed by atoms with Gasteiger partial charge in [0, 0.05) is 25.5 Å². The van der Waals surface area contributed by atoms with Gasteiger partial charge in [0.05, 0.1) is 17.3 Å². The molecule has 28 heavy (non-hydrogen) atoms. The van der Waals surface area contributed by atoms with Gasteiger partial charge < -0.3 is 14.3 Å². The van der Waals surface area contributed by atoms with Crippen LogP contribution >= 0.6 is 0 Å². The third-order valence-corrected chi connectivity index (χ3v) is 4.91. The van der Waals surface area contributed by atoms with Crippen LogP contribution in [0.15, 0.2) is 39.9 Å². The van der Waals surface area contributed by atoms with Crippen LogP contribution in [0.1, 0.15) is 28.1 Å². The fourth-order valence-corrected chi connectivity index (χ4v) is 3.41. The highest BCUT2D eigenvalue weighted by atomic mass is 16.3. The number of hydrogen-bond acceptors (Lipinski definition) is 5. The number of hydrogen-bond donors (Lipinski definition) is 1. The predicted molar refractivity (Wildman–Crippen MR) is 105 cm³/mol. The second kappa shape index (κ2) is 6.95. The van der Waals surface area contributed by atoms with Crippen molar-refractivity contribution in [1.29, 1.82) is 0 Å². The molecule has 1 N–H and O–H groups in total. The summed E-state index contributed by atoms with van der Waals surface area (Å²) < 4.78 is 8.75. The first-order valence-electron chi connectivity index (χ1n) is 9.11. The Morgan fingerprint density at radius 3 is 2.93 bits per heavy atom. The summed E-state index contributed by atoms with van der Waals surface area (Å²) in [4.78, 5) is 29.1. The number of carbonyl (C=O) groups is 1. The zero-order valence-electron chi connectivity index (χ0n) is 16.0. The van der Waals surface area contributed by atoms with E-state index in [2.05, 4.69) is 28.4 Å². The van der Waals surface area contributed by atoms with Gasteiger partial charge in [-0.3, -0.25) is 14.3 Å². The van der Waals surface area contributed by atoms with Gasteiger partial charge in [0.25, 0.3) is 11.5 Å². The molecule has 8 nitrogen and oxygen atoms in total. The van der Waals surface area contributed by atoms with Crippen LogP contribution in [-0.4, -0.2) is 31.8 Å². The number of fused-ring (bicyclic) bond motifs is 2. The Labute approximate surface area is 160 Å². The number of nitrogens with zero attached hydrogens (tertiary/aromatic N) is 4. The SMILES string of the molecule is Cc1oc2ncn(C)c(=O)c2c1C(=O)NCCCn1ncc2c(C)cccc21. The zero-order chi connectivity index (χ0) is 19.8. The van der Waals surface area contributed by atoms with Crippen LogP contribution < -0.4 is 10.9 Å². The largest absolute Gasteiger partial charge is 0.442 e. The van der Waals surface area contributed by atoms with E-state index in [1.54, 1.807) is 14.0 Å². The van der Waals surface area contributed by atoms with E-state index in [9.17, 15) is 9.59 Å². The third-order valence-electron chi connectivity index (χ3n) is 4.91. The molecule has 3 heterocycles. The lowest BCUT2D eigenvalue weighted by atomic mass is 10.1. The summed E-state index contributed by atoms with van der Waals surface area (Å²) in [6, 6.07) is 6.11. The van der Waals surface area contributed by atoms with E-state index < -0.39 is 0 Å². The molecule has 0 unspecified atom stereocenters. The minimum Gasteiger partial charge on any atom is -0.442 e.